The number of fused-ring (bicyclic) bond motifs is 4. The maximum absolute atomic E-state index is 11.5. The van der Waals surface area contributed by atoms with Gasteiger partial charge < -0.3 is 40.9 Å². The Balaban J connectivity index is 0.000000609. The number of hydrogen-bond acceptors (Lipinski definition) is 8. The Hall–Kier alpha value is -8.00. The van der Waals surface area contributed by atoms with Crippen LogP contribution in [0.3, 0.4) is 0 Å². The van der Waals surface area contributed by atoms with Crippen LogP contribution >= 0.6 is 0 Å². The SMILES string of the molecule is O=C(O)c1ccc(C[n+]2c3ccccc3c(-c3c4ccccc4[n+](Cc4ccc(C(=O)O)cc4)c4ccccc34)c3ccccc32)cc1.O=[N+]([O-])[O-].O=[N+]([O-])[O-]. The molecule has 0 atom stereocenters. The normalized spacial score (nSPS) is 10.6. The first-order valence-electron chi connectivity index (χ1n) is 16.9. The van der Waals surface area contributed by atoms with Crippen molar-refractivity contribution in [1.29, 1.82) is 0 Å². The molecular formula is C42H30N4O10. The number of para-hydroxylation sites is 4. The molecule has 2 aromatic heterocycles. The third kappa shape index (κ3) is 7.99. The van der Waals surface area contributed by atoms with Crippen LogP contribution in [0.25, 0.3) is 54.7 Å². The van der Waals surface area contributed by atoms with Crippen LogP contribution in [-0.2, 0) is 13.1 Å². The molecule has 14 heteroatoms. The Kier molecular flexibility index (Phi) is 11.0. The molecular weight excluding hydrogens is 720 g/mol. The lowest BCUT2D eigenvalue weighted by molar-refractivity contribution is -0.636. The predicted octanol–water partition coefficient (Wildman–Crippen LogP) is 7.56. The van der Waals surface area contributed by atoms with Crippen molar-refractivity contribution in [3.05, 3.63) is 198 Å². The van der Waals surface area contributed by atoms with Crippen LogP contribution in [-0.4, -0.2) is 32.3 Å². The quantitative estimate of drug-likeness (QED) is 0.0705. The Morgan fingerprint density at radius 1 is 0.429 bits per heavy atom. The van der Waals surface area contributed by atoms with Crippen molar-refractivity contribution in [3.8, 4) is 11.1 Å². The van der Waals surface area contributed by atoms with Crippen LogP contribution in [0.15, 0.2) is 146 Å². The van der Waals surface area contributed by atoms with E-state index in [1.165, 1.54) is 0 Å². The highest BCUT2D eigenvalue weighted by Crippen LogP contribution is 2.41. The summed E-state index contributed by atoms with van der Waals surface area (Å²) in [4.78, 5) is 39.5. The number of carboxylic acid groups (broad SMARTS) is 2. The number of carbonyl (C=O) groups is 2. The predicted molar refractivity (Wildman–Crippen MR) is 208 cm³/mol. The maximum atomic E-state index is 11.5. The fourth-order valence-corrected chi connectivity index (χ4v) is 6.98. The van der Waals surface area contributed by atoms with E-state index < -0.39 is 22.1 Å². The van der Waals surface area contributed by atoms with Crippen LogP contribution in [0, 0.1) is 30.6 Å². The number of benzene rings is 6. The lowest BCUT2D eigenvalue weighted by atomic mass is 9.90. The van der Waals surface area contributed by atoms with Crippen molar-refractivity contribution in [3.63, 3.8) is 0 Å². The monoisotopic (exact) mass is 750 g/mol. The number of nitrogens with zero attached hydrogens (tertiary/aromatic N) is 4. The molecule has 278 valence electrons. The van der Waals surface area contributed by atoms with Gasteiger partial charge in [-0.15, -0.1) is 0 Å². The third-order valence-electron chi connectivity index (χ3n) is 9.19. The van der Waals surface area contributed by atoms with Crippen molar-refractivity contribution < 1.29 is 39.1 Å². The minimum absolute atomic E-state index is 0.270. The molecule has 0 aliphatic heterocycles. The van der Waals surface area contributed by atoms with Crippen molar-refractivity contribution in [2.45, 2.75) is 13.1 Å². The van der Waals surface area contributed by atoms with Gasteiger partial charge in [0.05, 0.1) is 42.8 Å². The summed E-state index contributed by atoms with van der Waals surface area (Å²) in [6, 6.07) is 48.2. The molecule has 0 fully saturated rings. The molecule has 0 radical (unpaired) electrons. The number of hydrogen-bond donors (Lipinski definition) is 2. The highest BCUT2D eigenvalue weighted by Gasteiger charge is 2.27. The summed E-state index contributed by atoms with van der Waals surface area (Å²) >= 11 is 0. The minimum Gasteiger partial charge on any atom is -0.478 e. The van der Waals surface area contributed by atoms with Crippen LogP contribution in [0.4, 0.5) is 0 Å². The summed E-state index contributed by atoms with van der Waals surface area (Å²) in [5.41, 5.74) is 9.20. The summed E-state index contributed by atoms with van der Waals surface area (Å²) in [6.45, 7) is 1.16. The Labute approximate surface area is 316 Å². The molecule has 14 nitrogen and oxygen atoms in total. The van der Waals surface area contributed by atoms with E-state index in [1.807, 2.05) is 24.3 Å². The molecule has 0 spiro atoms. The average molecular weight is 751 g/mol. The molecule has 8 rings (SSSR count). The maximum Gasteiger partial charge on any atom is 0.335 e. The van der Waals surface area contributed by atoms with Crippen LogP contribution in [0.2, 0.25) is 0 Å². The van der Waals surface area contributed by atoms with E-state index in [2.05, 4.69) is 106 Å². The Morgan fingerprint density at radius 3 is 0.893 bits per heavy atom. The molecule has 8 aromatic rings. The van der Waals surface area contributed by atoms with E-state index in [4.69, 9.17) is 30.6 Å². The first-order valence-corrected chi connectivity index (χ1v) is 16.9. The molecule has 56 heavy (non-hydrogen) atoms. The topological polar surface area (TPSA) is 215 Å². The fraction of sp³-hybridized carbons (Fsp3) is 0.0476. The summed E-state index contributed by atoms with van der Waals surface area (Å²) in [5, 5.41) is 52.8. The van der Waals surface area contributed by atoms with Gasteiger partial charge in [0.15, 0.2) is 13.1 Å². The van der Waals surface area contributed by atoms with Gasteiger partial charge in [-0.1, -0.05) is 72.8 Å². The van der Waals surface area contributed by atoms with E-state index >= 15 is 0 Å². The zero-order valence-corrected chi connectivity index (χ0v) is 29.2. The van der Waals surface area contributed by atoms with Crippen LogP contribution < -0.4 is 9.13 Å². The summed E-state index contributed by atoms with van der Waals surface area (Å²) < 4.78 is 4.64. The highest BCUT2D eigenvalue weighted by molar-refractivity contribution is 6.18. The first kappa shape index (κ1) is 37.7. The summed E-state index contributed by atoms with van der Waals surface area (Å²) in [5.74, 6) is -1.87. The van der Waals surface area contributed by atoms with Gasteiger partial charge in [-0.05, 0) is 48.5 Å². The molecule has 0 saturated carbocycles. The van der Waals surface area contributed by atoms with E-state index in [9.17, 15) is 19.8 Å². The lowest BCUT2D eigenvalue weighted by Gasteiger charge is -2.16. The number of aromatic carboxylic acids is 2. The molecule has 6 aromatic carbocycles. The second-order valence-corrected chi connectivity index (χ2v) is 12.4. The minimum atomic E-state index is -1.75. The van der Waals surface area contributed by atoms with Crippen molar-refractivity contribution in [2.24, 2.45) is 0 Å². The Morgan fingerprint density at radius 2 is 0.661 bits per heavy atom. The first-order chi connectivity index (χ1) is 26.9. The van der Waals surface area contributed by atoms with E-state index in [1.54, 1.807) is 24.3 Å². The van der Waals surface area contributed by atoms with Gasteiger partial charge in [0.25, 0.3) is 0 Å². The molecule has 0 unspecified atom stereocenters. The van der Waals surface area contributed by atoms with Gasteiger partial charge >= 0.3 is 11.9 Å². The van der Waals surface area contributed by atoms with Crippen molar-refractivity contribution >= 4 is 55.6 Å². The molecule has 0 aliphatic carbocycles. The second kappa shape index (κ2) is 16.3. The van der Waals surface area contributed by atoms with Crippen LogP contribution in [0.5, 0.6) is 0 Å². The summed E-state index contributed by atoms with van der Waals surface area (Å²) in [7, 11) is 0. The number of carboxylic acids is 2. The van der Waals surface area contributed by atoms with Crippen molar-refractivity contribution in [2.75, 3.05) is 0 Å². The molecule has 2 N–H and O–H groups in total. The van der Waals surface area contributed by atoms with Gasteiger partial charge in [0, 0.05) is 46.5 Å². The van der Waals surface area contributed by atoms with E-state index in [0.717, 1.165) is 65.9 Å². The van der Waals surface area contributed by atoms with Gasteiger partial charge in [-0.3, -0.25) is 0 Å². The standard InChI is InChI=1S/C42H28N2O4.2NO3/c45-41(46)29-21-17-27(18-22-29)25-43-35-13-5-1-9-31(35)39(32-10-2-6-14-36(32)43)40-33-11-3-7-15-37(33)44(38-16-8-4-12-34(38)40)26-28-19-23-30(24-20-28)42(47)48;2*2-1(3)4/h1-24H,25-26H2;;/q;2*-1/p+2. The van der Waals surface area contributed by atoms with Crippen LogP contribution in [0.1, 0.15) is 31.8 Å². The van der Waals surface area contributed by atoms with Gasteiger partial charge in [0.1, 0.15) is 0 Å². The number of aromatic nitrogens is 2. The lowest BCUT2D eigenvalue weighted by Crippen LogP contribution is -2.37. The third-order valence-corrected chi connectivity index (χ3v) is 9.19. The molecule has 0 amide bonds. The van der Waals surface area contributed by atoms with Gasteiger partial charge in [0.2, 0.25) is 22.1 Å². The number of rotatable bonds is 7. The molecule has 0 bridgehead atoms. The Bertz CT molecular complexity index is 2480. The van der Waals surface area contributed by atoms with Crippen molar-refractivity contribution in [1.82, 2.24) is 0 Å². The zero-order valence-electron chi connectivity index (χ0n) is 29.2. The average Bonchev–Trinajstić information content (AvgIpc) is 3.18. The second-order valence-electron chi connectivity index (χ2n) is 12.4. The zero-order chi connectivity index (χ0) is 39.9. The smallest absolute Gasteiger partial charge is 0.335 e. The highest BCUT2D eigenvalue weighted by atomic mass is 16.9. The molecule has 0 aliphatic rings. The molecule has 2 heterocycles. The summed E-state index contributed by atoms with van der Waals surface area (Å²) in [6.07, 6.45) is 0. The number of pyridine rings is 2. The largest absolute Gasteiger partial charge is 0.478 e. The van der Waals surface area contributed by atoms with Gasteiger partial charge in [-0.2, -0.15) is 9.13 Å². The molecule has 0 saturated heterocycles. The van der Waals surface area contributed by atoms with E-state index in [0.29, 0.717) is 13.1 Å². The van der Waals surface area contributed by atoms with Gasteiger partial charge in [-0.25, -0.2) is 9.59 Å². The van der Waals surface area contributed by atoms with E-state index in [-0.39, 0.29) is 11.1 Å². The fourth-order valence-electron chi connectivity index (χ4n) is 6.98.